The van der Waals surface area contributed by atoms with Gasteiger partial charge < -0.3 is 15.3 Å². The molecule has 0 saturated heterocycles. The summed E-state index contributed by atoms with van der Waals surface area (Å²) in [6, 6.07) is 3.67. The maximum atomic E-state index is 13.9. The number of aromatic carboxylic acids is 1. The minimum atomic E-state index is -5.22. The van der Waals surface area contributed by atoms with Gasteiger partial charge in [-0.25, -0.2) is 14.2 Å². The molecule has 1 aromatic heterocycles. The van der Waals surface area contributed by atoms with Gasteiger partial charge in [0.15, 0.2) is 5.60 Å². The number of phenols is 1. The summed E-state index contributed by atoms with van der Waals surface area (Å²) in [6.45, 7) is 2.56. The number of carbonyl (C=O) groups is 1. The Balaban J connectivity index is 2.58. The largest absolute Gasteiger partial charge is 0.508 e. The van der Waals surface area contributed by atoms with Crippen LogP contribution in [0.25, 0.3) is 0 Å². The molecule has 1 heterocycles. The van der Waals surface area contributed by atoms with Gasteiger partial charge in [0.1, 0.15) is 27.4 Å². The number of aromatic hydroxyl groups is 1. The van der Waals surface area contributed by atoms with Crippen molar-refractivity contribution in [1.82, 2.24) is 4.98 Å². The highest BCUT2D eigenvalue weighted by Gasteiger charge is 2.56. The standard InChI is InChI=1S/C19H17Cl2F4NO4/c1-17(2,11-6-10(22)3-4-12(11)27)8-18(30,19(23,24)25)7-9-5-13(20)26-15(21)14(9)16(28)29/h3-6,27,30H,7-8H2,1-2H3,(H,28,29). The van der Waals surface area contributed by atoms with Crippen molar-refractivity contribution in [2.75, 3.05) is 0 Å². The average Bonchev–Trinajstić information content (AvgIpc) is 2.54. The van der Waals surface area contributed by atoms with Gasteiger partial charge in [0.2, 0.25) is 0 Å². The van der Waals surface area contributed by atoms with Crippen LogP contribution < -0.4 is 0 Å². The molecule has 1 unspecified atom stereocenters. The lowest BCUT2D eigenvalue weighted by Gasteiger charge is -2.38. The second-order valence-corrected chi connectivity index (χ2v) is 8.25. The van der Waals surface area contributed by atoms with Gasteiger partial charge in [0.05, 0.1) is 0 Å². The number of rotatable bonds is 6. The average molecular weight is 470 g/mol. The van der Waals surface area contributed by atoms with Gasteiger partial charge in [-0.3, -0.25) is 0 Å². The molecule has 0 amide bonds. The van der Waals surface area contributed by atoms with Crippen molar-refractivity contribution < 1.29 is 37.7 Å². The van der Waals surface area contributed by atoms with Crippen molar-refractivity contribution in [1.29, 1.82) is 0 Å². The lowest BCUT2D eigenvalue weighted by molar-refractivity contribution is -0.266. The highest BCUT2D eigenvalue weighted by Crippen LogP contribution is 2.45. The van der Waals surface area contributed by atoms with E-state index in [1.807, 2.05) is 0 Å². The molecule has 1 aromatic carbocycles. The molecule has 2 aromatic rings. The Morgan fingerprint density at radius 3 is 2.30 bits per heavy atom. The van der Waals surface area contributed by atoms with Crippen molar-refractivity contribution in [3.05, 3.63) is 57.1 Å². The molecule has 1 atom stereocenters. The smallest absolute Gasteiger partial charge is 0.417 e. The number of nitrogens with zero attached hydrogens (tertiary/aromatic N) is 1. The molecular weight excluding hydrogens is 453 g/mol. The summed E-state index contributed by atoms with van der Waals surface area (Å²) in [5.41, 5.74) is -6.40. The van der Waals surface area contributed by atoms with Crippen LogP contribution in [0.2, 0.25) is 10.3 Å². The minimum Gasteiger partial charge on any atom is -0.508 e. The predicted octanol–water partition coefficient (Wildman–Crippen LogP) is 5.14. The lowest BCUT2D eigenvalue weighted by Crippen LogP contribution is -2.51. The summed E-state index contributed by atoms with van der Waals surface area (Å²) in [4.78, 5) is 15.0. The number of benzene rings is 1. The van der Waals surface area contributed by atoms with E-state index in [0.29, 0.717) is 0 Å². The predicted molar refractivity (Wildman–Crippen MR) is 102 cm³/mol. The molecule has 0 aliphatic heterocycles. The number of aromatic nitrogens is 1. The molecule has 5 nitrogen and oxygen atoms in total. The summed E-state index contributed by atoms with van der Waals surface area (Å²) >= 11 is 11.4. The number of hydrogen-bond acceptors (Lipinski definition) is 4. The normalized spacial score (nSPS) is 14.4. The van der Waals surface area contributed by atoms with E-state index < -0.39 is 63.9 Å². The molecule has 0 aliphatic carbocycles. The van der Waals surface area contributed by atoms with Crippen molar-refractivity contribution >= 4 is 29.2 Å². The summed E-state index contributed by atoms with van der Waals surface area (Å²) < 4.78 is 55.4. The van der Waals surface area contributed by atoms with Crippen molar-refractivity contribution in [3.63, 3.8) is 0 Å². The van der Waals surface area contributed by atoms with E-state index in [1.54, 1.807) is 0 Å². The fraction of sp³-hybridized carbons (Fsp3) is 0.368. The van der Waals surface area contributed by atoms with Gasteiger partial charge in [-0.15, -0.1) is 0 Å². The van der Waals surface area contributed by atoms with E-state index in [-0.39, 0.29) is 10.7 Å². The number of phenolic OH excluding ortho intramolecular Hbond substituents is 1. The van der Waals surface area contributed by atoms with Gasteiger partial charge in [-0.1, -0.05) is 37.0 Å². The van der Waals surface area contributed by atoms with Crippen LogP contribution in [0.4, 0.5) is 17.6 Å². The van der Waals surface area contributed by atoms with Crippen LogP contribution in [0.1, 0.15) is 41.8 Å². The van der Waals surface area contributed by atoms with Gasteiger partial charge in [-0.05, 0) is 41.7 Å². The second-order valence-electron chi connectivity index (χ2n) is 7.50. The number of pyridine rings is 1. The summed E-state index contributed by atoms with van der Waals surface area (Å²) in [5.74, 6) is -2.88. The Labute approximate surface area is 178 Å². The fourth-order valence-corrected chi connectivity index (χ4v) is 3.90. The third-order valence-corrected chi connectivity index (χ3v) is 5.14. The first-order chi connectivity index (χ1) is 13.6. The Kier molecular flexibility index (Phi) is 6.61. The van der Waals surface area contributed by atoms with Gasteiger partial charge >= 0.3 is 12.1 Å². The zero-order valence-electron chi connectivity index (χ0n) is 15.7. The molecule has 0 bridgehead atoms. The van der Waals surface area contributed by atoms with Gasteiger partial charge in [0.25, 0.3) is 0 Å². The van der Waals surface area contributed by atoms with Crippen LogP contribution in [0.15, 0.2) is 24.3 Å². The third-order valence-electron chi connectivity index (χ3n) is 4.67. The van der Waals surface area contributed by atoms with E-state index in [1.165, 1.54) is 13.8 Å². The van der Waals surface area contributed by atoms with E-state index >= 15 is 0 Å². The topological polar surface area (TPSA) is 90.7 Å². The number of aliphatic hydroxyl groups is 1. The maximum absolute atomic E-state index is 13.9. The Bertz CT molecular complexity index is 982. The maximum Gasteiger partial charge on any atom is 0.417 e. The molecule has 0 spiro atoms. The number of carboxylic acid groups (broad SMARTS) is 1. The van der Waals surface area contributed by atoms with E-state index in [4.69, 9.17) is 23.2 Å². The monoisotopic (exact) mass is 469 g/mol. The van der Waals surface area contributed by atoms with Crippen LogP contribution >= 0.6 is 23.2 Å². The second kappa shape index (κ2) is 8.20. The highest BCUT2D eigenvalue weighted by atomic mass is 35.5. The zero-order chi connectivity index (χ0) is 23.1. The molecule has 11 heteroatoms. The molecular formula is C19H17Cl2F4NO4. The Morgan fingerprint density at radius 1 is 1.17 bits per heavy atom. The number of hydrogen-bond donors (Lipinski definition) is 3. The highest BCUT2D eigenvalue weighted by molar-refractivity contribution is 6.34. The van der Waals surface area contributed by atoms with E-state index in [0.717, 1.165) is 24.3 Å². The summed E-state index contributed by atoms with van der Waals surface area (Å²) in [7, 11) is 0. The van der Waals surface area contributed by atoms with Crippen LogP contribution in [0.5, 0.6) is 5.75 Å². The molecule has 164 valence electrons. The Hall–Kier alpha value is -2.10. The first kappa shape index (κ1) is 24.2. The van der Waals surface area contributed by atoms with Crippen molar-refractivity contribution in [2.24, 2.45) is 0 Å². The SMILES string of the molecule is CC(C)(CC(O)(Cc1cc(Cl)nc(Cl)c1C(=O)O)C(F)(F)F)c1cc(F)ccc1O. The van der Waals surface area contributed by atoms with Gasteiger partial charge in [-0.2, -0.15) is 13.2 Å². The molecule has 0 saturated carbocycles. The minimum absolute atomic E-state index is 0.158. The van der Waals surface area contributed by atoms with Crippen LogP contribution in [-0.2, 0) is 11.8 Å². The fourth-order valence-electron chi connectivity index (χ4n) is 3.35. The van der Waals surface area contributed by atoms with E-state index in [9.17, 15) is 37.7 Å². The first-order valence-electron chi connectivity index (χ1n) is 8.44. The molecule has 0 radical (unpaired) electrons. The van der Waals surface area contributed by atoms with Crippen molar-refractivity contribution in [3.8, 4) is 5.75 Å². The van der Waals surface area contributed by atoms with Crippen LogP contribution in [0.3, 0.4) is 0 Å². The van der Waals surface area contributed by atoms with Crippen LogP contribution in [-0.4, -0.2) is 38.1 Å². The molecule has 2 rings (SSSR count). The quantitative estimate of drug-likeness (QED) is 0.402. The molecule has 0 fully saturated rings. The third kappa shape index (κ3) is 4.96. The molecule has 3 N–H and O–H groups in total. The van der Waals surface area contributed by atoms with Crippen LogP contribution in [0, 0.1) is 5.82 Å². The lowest BCUT2D eigenvalue weighted by atomic mass is 9.72. The zero-order valence-corrected chi connectivity index (χ0v) is 17.2. The number of carboxylic acids is 1. The summed E-state index contributed by atoms with van der Waals surface area (Å²) in [6.07, 6.45) is -7.46. The Morgan fingerprint density at radius 2 is 1.77 bits per heavy atom. The number of alkyl halides is 3. The molecule has 0 aliphatic rings. The first-order valence-corrected chi connectivity index (χ1v) is 9.19. The van der Waals surface area contributed by atoms with E-state index in [2.05, 4.69) is 4.98 Å². The van der Waals surface area contributed by atoms with Crippen molar-refractivity contribution in [2.45, 2.75) is 43.9 Å². The molecule has 30 heavy (non-hydrogen) atoms. The summed E-state index contributed by atoms with van der Waals surface area (Å²) in [5, 5.41) is 29.0. The van der Waals surface area contributed by atoms with Gasteiger partial charge in [0, 0.05) is 12.0 Å². The number of halogens is 6.